The number of methoxy groups -OCH3 is 1. The maximum atomic E-state index is 13.5. The fourth-order valence-electron chi connectivity index (χ4n) is 4.34. The number of likely N-dealkylation sites (N-methyl/N-ethyl adjacent to an activating group) is 1. The molecule has 0 fully saturated rings. The molecule has 1 aliphatic rings. The number of carbonyl (C=O) groups is 3. The third-order valence-electron chi connectivity index (χ3n) is 6.10. The van der Waals surface area contributed by atoms with Crippen LogP contribution in [-0.2, 0) is 15.1 Å². The number of benzene rings is 1. The van der Waals surface area contributed by atoms with Crippen LogP contribution in [-0.4, -0.2) is 53.2 Å². The number of fused-ring (bicyclic) bond motifs is 2. The minimum Gasteiger partial charge on any atom is -0.480 e. The second kappa shape index (κ2) is 8.61. The zero-order valence-electron chi connectivity index (χ0n) is 19.0. The number of pyridine rings is 2. The van der Waals surface area contributed by atoms with Gasteiger partial charge in [-0.15, -0.1) is 0 Å². The van der Waals surface area contributed by atoms with E-state index in [4.69, 9.17) is 9.47 Å². The quantitative estimate of drug-likeness (QED) is 0.402. The average Bonchev–Trinajstić information content (AvgIpc) is 3.15. The lowest BCUT2D eigenvalue weighted by Crippen LogP contribution is -2.46. The highest BCUT2D eigenvalue weighted by molar-refractivity contribution is 6.04. The van der Waals surface area contributed by atoms with Gasteiger partial charge in [-0.25, -0.2) is 14.8 Å². The van der Waals surface area contributed by atoms with Gasteiger partial charge in [0.05, 0.1) is 18.3 Å². The number of cyclic esters (lactones) is 1. The van der Waals surface area contributed by atoms with Crippen LogP contribution in [0.15, 0.2) is 36.4 Å². The number of amides is 1. The zero-order chi connectivity index (χ0) is 23.8. The van der Waals surface area contributed by atoms with E-state index in [1.54, 1.807) is 24.0 Å². The van der Waals surface area contributed by atoms with Crippen LogP contribution in [0, 0.1) is 0 Å². The number of rotatable bonds is 7. The Labute approximate surface area is 191 Å². The third-order valence-corrected chi connectivity index (χ3v) is 6.10. The molecule has 1 aliphatic heterocycles. The largest absolute Gasteiger partial charge is 0.480 e. The van der Waals surface area contributed by atoms with Crippen LogP contribution in [0.25, 0.3) is 22.3 Å². The summed E-state index contributed by atoms with van der Waals surface area (Å²) in [5.41, 5.74) is 0.684. The second-order valence-corrected chi connectivity index (χ2v) is 7.72. The highest BCUT2D eigenvalue weighted by Gasteiger charge is 2.53. The summed E-state index contributed by atoms with van der Waals surface area (Å²) in [5, 5.41) is 0.814. The van der Waals surface area contributed by atoms with Gasteiger partial charge in [-0.3, -0.25) is 9.59 Å². The summed E-state index contributed by atoms with van der Waals surface area (Å²) in [6.07, 6.45) is 0.950. The molecule has 0 aliphatic carbocycles. The average molecular weight is 447 g/mol. The second-order valence-electron chi connectivity index (χ2n) is 7.72. The molecule has 4 rings (SSSR count). The van der Waals surface area contributed by atoms with Crippen molar-refractivity contribution in [1.29, 1.82) is 0 Å². The number of para-hydroxylation sites is 1. The number of aldehydes is 1. The number of nitrogens with zero attached hydrogens (tertiary/aromatic N) is 3. The Kier molecular flexibility index (Phi) is 5.84. The molecular weight excluding hydrogens is 422 g/mol. The Morgan fingerprint density at radius 1 is 1.15 bits per heavy atom. The monoisotopic (exact) mass is 447 g/mol. The highest BCUT2D eigenvalue weighted by atomic mass is 16.6. The van der Waals surface area contributed by atoms with Crippen molar-refractivity contribution in [2.75, 3.05) is 20.2 Å². The number of aromatic nitrogens is 2. The van der Waals surface area contributed by atoms with Crippen LogP contribution < -0.4 is 4.74 Å². The van der Waals surface area contributed by atoms with Crippen LogP contribution in [0.2, 0.25) is 0 Å². The van der Waals surface area contributed by atoms with Gasteiger partial charge < -0.3 is 14.4 Å². The first-order valence-corrected chi connectivity index (χ1v) is 10.9. The standard InChI is InChI=1S/C25H25N3O5/c1-5-25(24(31)28(6-2)7-3)17-13-19(27-22(32-4)20(17)23(30)33-25)21-16(14-29)12-15-10-8-9-11-18(15)26-21/h8-14H,5-7H2,1-4H3. The predicted octanol–water partition coefficient (Wildman–Crippen LogP) is 3.76. The number of esters is 1. The smallest absolute Gasteiger partial charge is 0.345 e. The first-order valence-electron chi connectivity index (χ1n) is 10.9. The minimum atomic E-state index is -1.50. The van der Waals surface area contributed by atoms with Gasteiger partial charge in [0.15, 0.2) is 6.29 Å². The van der Waals surface area contributed by atoms with E-state index < -0.39 is 11.6 Å². The number of carbonyl (C=O) groups excluding carboxylic acids is 3. The molecule has 1 aromatic carbocycles. The van der Waals surface area contributed by atoms with Crippen molar-refractivity contribution in [3.8, 4) is 17.3 Å². The number of ether oxygens (including phenoxy) is 2. The van der Waals surface area contributed by atoms with Crippen molar-refractivity contribution in [3.63, 3.8) is 0 Å². The molecule has 0 N–H and O–H groups in total. The van der Waals surface area contributed by atoms with E-state index in [0.717, 1.165) is 5.39 Å². The van der Waals surface area contributed by atoms with Gasteiger partial charge in [0.25, 0.3) is 5.91 Å². The summed E-state index contributed by atoms with van der Waals surface area (Å²) < 4.78 is 11.2. The lowest BCUT2D eigenvalue weighted by atomic mass is 9.87. The number of hydrogen-bond donors (Lipinski definition) is 0. The third kappa shape index (κ3) is 3.42. The molecule has 0 saturated carbocycles. The molecule has 8 nitrogen and oxygen atoms in total. The molecule has 0 spiro atoms. The van der Waals surface area contributed by atoms with Crippen LogP contribution >= 0.6 is 0 Å². The van der Waals surface area contributed by atoms with Crippen molar-refractivity contribution in [3.05, 3.63) is 53.1 Å². The Hall–Kier alpha value is -3.81. The Balaban J connectivity index is 2.00. The summed E-state index contributed by atoms with van der Waals surface area (Å²) in [7, 11) is 1.40. The van der Waals surface area contributed by atoms with E-state index in [1.165, 1.54) is 7.11 Å². The molecule has 2 aromatic heterocycles. The van der Waals surface area contributed by atoms with Crippen molar-refractivity contribution in [1.82, 2.24) is 14.9 Å². The molecular formula is C25H25N3O5. The molecule has 3 heterocycles. The van der Waals surface area contributed by atoms with Crippen LogP contribution in [0.5, 0.6) is 5.88 Å². The van der Waals surface area contributed by atoms with Crippen LogP contribution in [0.1, 0.15) is 53.5 Å². The molecule has 0 radical (unpaired) electrons. The first-order chi connectivity index (χ1) is 15.9. The van der Waals surface area contributed by atoms with Crippen LogP contribution in [0.3, 0.4) is 0 Å². The van der Waals surface area contributed by atoms with Gasteiger partial charge in [0.1, 0.15) is 11.3 Å². The van der Waals surface area contributed by atoms with Crippen molar-refractivity contribution < 1.29 is 23.9 Å². The summed E-state index contributed by atoms with van der Waals surface area (Å²) >= 11 is 0. The lowest BCUT2D eigenvalue weighted by Gasteiger charge is -2.32. The highest BCUT2D eigenvalue weighted by Crippen LogP contribution is 2.45. The number of hydrogen-bond acceptors (Lipinski definition) is 7. The van der Waals surface area contributed by atoms with Gasteiger partial charge in [-0.1, -0.05) is 25.1 Å². The van der Waals surface area contributed by atoms with E-state index in [0.29, 0.717) is 47.4 Å². The SMILES string of the molecule is CCN(CC)C(=O)C1(CC)OC(=O)c2c1cc(-c1nc3ccccc3cc1C=O)nc2OC. The van der Waals surface area contributed by atoms with Gasteiger partial charge in [-0.2, -0.15) is 0 Å². The molecule has 1 unspecified atom stereocenters. The van der Waals surface area contributed by atoms with Gasteiger partial charge in [0, 0.05) is 29.6 Å². The summed E-state index contributed by atoms with van der Waals surface area (Å²) in [6, 6.07) is 10.8. The van der Waals surface area contributed by atoms with Crippen molar-refractivity contribution >= 4 is 29.1 Å². The van der Waals surface area contributed by atoms with E-state index in [1.807, 2.05) is 38.1 Å². The van der Waals surface area contributed by atoms with Gasteiger partial charge in [-0.05, 0) is 38.5 Å². The minimum absolute atomic E-state index is 0.0296. The molecule has 8 heteroatoms. The van der Waals surface area contributed by atoms with Crippen LogP contribution in [0.4, 0.5) is 0 Å². The zero-order valence-corrected chi connectivity index (χ0v) is 19.0. The van der Waals surface area contributed by atoms with E-state index in [9.17, 15) is 14.4 Å². The fraction of sp³-hybridized carbons (Fsp3) is 0.320. The maximum Gasteiger partial charge on any atom is 0.345 e. The van der Waals surface area contributed by atoms with E-state index >= 15 is 0 Å². The normalized spacial score (nSPS) is 16.9. The molecule has 3 aromatic rings. The molecule has 0 saturated heterocycles. The summed E-state index contributed by atoms with van der Waals surface area (Å²) in [5.74, 6) is -0.935. The first kappa shape index (κ1) is 22.4. The lowest BCUT2D eigenvalue weighted by molar-refractivity contribution is -0.152. The topological polar surface area (TPSA) is 98.7 Å². The molecule has 1 amide bonds. The van der Waals surface area contributed by atoms with Gasteiger partial charge in [0.2, 0.25) is 11.5 Å². The van der Waals surface area contributed by atoms with Crippen molar-refractivity contribution in [2.45, 2.75) is 32.8 Å². The molecule has 1 atom stereocenters. The summed E-state index contributed by atoms with van der Waals surface area (Å²) in [4.78, 5) is 49.1. The molecule has 33 heavy (non-hydrogen) atoms. The van der Waals surface area contributed by atoms with E-state index in [-0.39, 0.29) is 23.8 Å². The molecule has 170 valence electrons. The summed E-state index contributed by atoms with van der Waals surface area (Å²) in [6.45, 7) is 6.48. The fourth-order valence-corrected chi connectivity index (χ4v) is 4.34. The van der Waals surface area contributed by atoms with E-state index in [2.05, 4.69) is 9.97 Å². The Morgan fingerprint density at radius 2 is 1.88 bits per heavy atom. The molecule has 0 bridgehead atoms. The maximum absolute atomic E-state index is 13.5. The predicted molar refractivity (Wildman–Crippen MR) is 122 cm³/mol. The van der Waals surface area contributed by atoms with Crippen molar-refractivity contribution in [2.24, 2.45) is 0 Å². The Morgan fingerprint density at radius 3 is 2.52 bits per heavy atom. The van der Waals surface area contributed by atoms with Gasteiger partial charge >= 0.3 is 5.97 Å². The Bertz CT molecular complexity index is 1270.